The van der Waals surface area contributed by atoms with Crippen molar-refractivity contribution in [1.82, 2.24) is 24.7 Å². The number of alkyl halides is 3. The van der Waals surface area contributed by atoms with E-state index in [1.165, 1.54) is 18.3 Å². The van der Waals surface area contributed by atoms with Gasteiger partial charge in [-0.3, -0.25) is 9.78 Å². The van der Waals surface area contributed by atoms with Gasteiger partial charge >= 0.3 is 11.9 Å². The molecule has 0 radical (unpaired) electrons. The third kappa shape index (κ3) is 5.40. The molecule has 2 aromatic heterocycles. The van der Waals surface area contributed by atoms with Gasteiger partial charge in [0.2, 0.25) is 5.88 Å². The monoisotopic (exact) mass is 509 g/mol. The minimum absolute atomic E-state index is 0.0328. The second-order valence-corrected chi connectivity index (χ2v) is 7.96. The number of nitrogens with one attached hydrogen (secondary N) is 1. The van der Waals surface area contributed by atoms with E-state index >= 15 is 0 Å². The van der Waals surface area contributed by atoms with Crippen molar-refractivity contribution in [1.29, 1.82) is 0 Å². The van der Waals surface area contributed by atoms with Crippen LogP contribution in [0, 0.1) is 0 Å². The van der Waals surface area contributed by atoms with Gasteiger partial charge in [0.05, 0.1) is 21.9 Å². The molecule has 0 amide bonds. The lowest BCUT2D eigenvalue weighted by Crippen LogP contribution is -2.37. The van der Waals surface area contributed by atoms with Gasteiger partial charge in [-0.25, -0.2) is 19.4 Å². The van der Waals surface area contributed by atoms with Crippen LogP contribution in [0.25, 0.3) is 11.3 Å². The first-order valence-electron chi connectivity index (χ1n) is 8.83. The molecule has 14 heteroatoms. The highest BCUT2D eigenvalue weighted by atomic mass is 35.5. The lowest BCUT2D eigenvalue weighted by molar-refractivity contribution is -0.143. The van der Waals surface area contributed by atoms with E-state index in [0.29, 0.717) is 5.69 Å². The van der Waals surface area contributed by atoms with Crippen molar-refractivity contribution in [2.24, 2.45) is 0 Å². The van der Waals surface area contributed by atoms with Crippen LogP contribution in [0.4, 0.5) is 13.2 Å². The van der Waals surface area contributed by atoms with E-state index in [1.807, 2.05) is 13.8 Å². The first-order valence-corrected chi connectivity index (χ1v) is 9.97. The third-order valence-corrected chi connectivity index (χ3v) is 4.83. The summed E-state index contributed by atoms with van der Waals surface area (Å²) in [5, 5.41) is 3.53. The van der Waals surface area contributed by atoms with Gasteiger partial charge < -0.3 is 4.74 Å². The Hall–Kier alpha value is -2.63. The molecule has 0 aliphatic carbocycles. The predicted molar refractivity (Wildman–Crippen MR) is 112 cm³/mol. The number of ether oxygens (including phenoxy) is 1. The Bertz CT molecular complexity index is 1270. The topological polar surface area (TPSA) is 103 Å². The largest absolute Gasteiger partial charge is 0.434 e. The summed E-state index contributed by atoms with van der Waals surface area (Å²) >= 11 is 18.5. The Morgan fingerprint density at radius 1 is 1.16 bits per heavy atom. The number of aromatic nitrogens is 5. The number of rotatable bonds is 5. The molecule has 32 heavy (non-hydrogen) atoms. The molecular formula is C18H13Cl3F3N5O3. The quantitative estimate of drug-likeness (QED) is 0.528. The van der Waals surface area contributed by atoms with Gasteiger partial charge in [0.1, 0.15) is 6.54 Å². The first-order chi connectivity index (χ1) is 14.9. The molecule has 8 nitrogen and oxygen atoms in total. The summed E-state index contributed by atoms with van der Waals surface area (Å²) in [7, 11) is 0. The summed E-state index contributed by atoms with van der Waals surface area (Å²) in [6.45, 7) is 2.03. The Balaban J connectivity index is 2.02. The molecule has 3 rings (SSSR count). The van der Waals surface area contributed by atoms with E-state index in [0.717, 1.165) is 0 Å². The van der Waals surface area contributed by atoms with Gasteiger partial charge in [0.25, 0.3) is 5.56 Å². The van der Waals surface area contributed by atoms with Crippen LogP contribution in [0.5, 0.6) is 11.6 Å². The van der Waals surface area contributed by atoms with Crippen molar-refractivity contribution in [3.8, 4) is 22.9 Å². The van der Waals surface area contributed by atoms with Crippen LogP contribution in [0.15, 0.2) is 27.9 Å². The fourth-order valence-electron chi connectivity index (χ4n) is 2.59. The van der Waals surface area contributed by atoms with E-state index < -0.39 is 29.7 Å². The molecule has 0 aliphatic heterocycles. The molecule has 0 saturated carbocycles. The average Bonchev–Trinajstić information content (AvgIpc) is 2.66. The summed E-state index contributed by atoms with van der Waals surface area (Å²) in [4.78, 5) is 33.8. The van der Waals surface area contributed by atoms with Crippen LogP contribution in [-0.2, 0) is 6.54 Å². The van der Waals surface area contributed by atoms with Crippen LogP contribution in [0.1, 0.15) is 25.5 Å². The summed E-state index contributed by atoms with van der Waals surface area (Å²) in [5.74, 6) is -0.0372. The van der Waals surface area contributed by atoms with Crippen LogP contribution >= 0.6 is 34.8 Å². The molecule has 3 aromatic rings. The fourth-order valence-corrected chi connectivity index (χ4v) is 3.46. The highest BCUT2D eigenvalue weighted by Crippen LogP contribution is 2.39. The second kappa shape index (κ2) is 9.08. The number of benzene rings is 1. The Morgan fingerprint density at radius 2 is 1.78 bits per heavy atom. The highest BCUT2D eigenvalue weighted by Gasteiger charge is 2.30. The molecule has 0 atom stereocenters. The van der Waals surface area contributed by atoms with Gasteiger partial charge in [0.15, 0.2) is 16.6 Å². The SMILES string of the molecule is CC(C)c1nc(Oc2c(Cl)cc(-c3nn(CC(F)(F)F)c(=O)[nH]c3=O)cc2Cl)cnc1Cl. The van der Waals surface area contributed by atoms with Crippen molar-refractivity contribution < 1.29 is 17.9 Å². The van der Waals surface area contributed by atoms with Gasteiger partial charge in [-0.05, 0) is 18.1 Å². The van der Waals surface area contributed by atoms with Crippen molar-refractivity contribution in [3.05, 3.63) is 60.1 Å². The summed E-state index contributed by atoms with van der Waals surface area (Å²) in [6, 6.07) is 2.41. The third-order valence-electron chi connectivity index (χ3n) is 3.98. The molecule has 0 spiro atoms. The number of nitrogens with zero attached hydrogens (tertiary/aromatic N) is 4. The summed E-state index contributed by atoms with van der Waals surface area (Å²) in [5.41, 5.74) is -2.36. The Morgan fingerprint density at radius 3 is 2.34 bits per heavy atom. The first kappa shape index (κ1) is 24.0. The maximum absolute atomic E-state index is 12.7. The highest BCUT2D eigenvalue weighted by molar-refractivity contribution is 6.37. The zero-order chi connectivity index (χ0) is 23.8. The summed E-state index contributed by atoms with van der Waals surface area (Å²) in [6.07, 6.45) is -3.47. The maximum atomic E-state index is 12.7. The fraction of sp³-hybridized carbons (Fsp3) is 0.278. The van der Waals surface area contributed by atoms with E-state index in [9.17, 15) is 22.8 Å². The van der Waals surface area contributed by atoms with Gasteiger partial charge in [-0.1, -0.05) is 48.7 Å². The number of halogens is 6. The Labute approximate surface area is 192 Å². The Kier molecular flexibility index (Phi) is 6.82. The van der Waals surface area contributed by atoms with Crippen molar-refractivity contribution in [2.45, 2.75) is 32.5 Å². The summed E-state index contributed by atoms with van der Waals surface area (Å²) < 4.78 is 43.7. The molecule has 0 aliphatic rings. The van der Waals surface area contributed by atoms with E-state index in [4.69, 9.17) is 39.5 Å². The standard InChI is InChI=1S/C18H13Cl3F3N5O3/c1-7(2)12-15(21)25-5-11(26-12)32-14-9(19)3-8(4-10(14)20)13-16(30)27-17(31)29(28-13)6-18(22,23)24/h3-5,7H,6H2,1-2H3,(H,27,30,31). The minimum atomic E-state index is -4.73. The number of aromatic amines is 1. The zero-order valence-corrected chi connectivity index (χ0v) is 18.6. The zero-order valence-electron chi connectivity index (χ0n) is 16.3. The average molecular weight is 511 g/mol. The molecule has 0 saturated heterocycles. The van der Waals surface area contributed by atoms with E-state index in [2.05, 4.69) is 15.1 Å². The lowest BCUT2D eigenvalue weighted by Gasteiger charge is -2.13. The van der Waals surface area contributed by atoms with Gasteiger partial charge in [-0.2, -0.15) is 18.3 Å². The van der Waals surface area contributed by atoms with Crippen molar-refractivity contribution in [3.63, 3.8) is 0 Å². The van der Waals surface area contributed by atoms with Crippen LogP contribution in [0.2, 0.25) is 15.2 Å². The van der Waals surface area contributed by atoms with Gasteiger partial charge in [-0.15, -0.1) is 0 Å². The van der Waals surface area contributed by atoms with Crippen LogP contribution in [-0.4, -0.2) is 30.9 Å². The number of hydrogen-bond donors (Lipinski definition) is 1. The molecule has 0 unspecified atom stereocenters. The molecule has 1 N–H and O–H groups in total. The van der Waals surface area contributed by atoms with Gasteiger partial charge in [0, 0.05) is 5.56 Å². The molecule has 0 fully saturated rings. The van der Waals surface area contributed by atoms with E-state index in [1.54, 1.807) is 4.98 Å². The molecule has 0 bridgehead atoms. The van der Waals surface area contributed by atoms with Crippen LogP contribution in [0.3, 0.4) is 0 Å². The molecule has 1 aromatic carbocycles. The number of H-pyrrole nitrogens is 1. The predicted octanol–water partition coefficient (Wildman–Crippen LogP) is 4.83. The molecule has 170 valence electrons. The van der Waals surface area contributed by atoms with E-state index in [-0.39, 0.29) is 43.0 Å². The number of hydrogen-bond acceptors (Lipinski definition) is 6. The molecular weight excluding hydrogens is 498 g/mol. The lowest BCUT2D eigenvalue weighted by atomic mass is 10.1. The van der Waals surface area contributed by atoms with Crippen molar-refractivity contribution >= 4 is 34.8 Å². The van der Waals surface area contributed by atoms with Crippen molar-refractivity contribution in [2.75, 3.05) is 0 Å². The molecule has 2 heterocycles. The second-order valence-electron chi connectivity index (χ2n) is 6.79. The normalized spacial score (nSPS) is 11.8. The maximum Gasteiger partial charge on any atom is 0.408 e. The smallest absolute Gasteiger partial charge is 0.408 e. The minimum Gasteiger partial charge on any atom is -0.434 e. The van der Waals surface area contributed by atoms with Crippen LogP contribution < -0.4 is 16.0 Å².